The average molecular weight is 322 g/mol. The highest BCUT2D eigenvalue weighted by molar-refractivity contribution is 5.49. The number of aromatic nitrogens is 3. The Hall–Kier alpha value is -2.73. The van der Waals surface area contributed by atoms with Crippen molar-refractivity contribution in [2.75, 3.05) is 13.7 Å². The Morgan fingerprint density at radius 3 is 2.96 bits per heavy atom. The average Bonchev–Trinajstić information content (AvgIpc) is 3.08. The fourth-order valence-electron chi connectivity index (χ4n) is 2.95. The second-order valence-electron chi connectivity index (χ2n) is 5.79. The third-order valence-corrected chi connectivity index (χ3v) is 4.32. The highest BCUT2D eigenvalue weighted by atomic mass is 16.5. The van der Waals surface area contributed by atoms with E-state index in [0.717, 1.165) is 24.3 Å². The van der Waals surface area contributed by atoms with E-state index in [0.29, 0.717) is 24.4 Å². The molecule has 1 aliphatic heterocycles. The smallest absolute Gasteiger partial charge is 0.249 e. The van der Waals surface area contributed by atoms with Crippen LogP contribution in [0, 0.1) is 0 Å². The quantitative estimate of drug-likeness (QED) is 0.719. The second kappa shape index (κ2) is 6.41. The van der Waals surface area contributed by atoms with Gasteiger partial charge in [-0.05, 0) is 36.2 Å². The Balaban J connectivity index is 1.47. The van der Waals surface area contributed by atoms with E-state index >= 15 is 0 Å². The van der Waals surface area contributed by atoms with Gasteiger partial charge < -0.3 is 9.15 Å². The van der Waals surface area contributed by atoms with Crippen molar-refractivity contribution in [2.24, 2.45) is 0 Å². The zero-order valence-electron chi connectivity index (χ0n) is 13.4. The van der Waals surface area contributed by atoms with Crippen LogP contribution in [-0.4, -0.2) is 33.7 Å². The summed E-state index contributed by atoms with van der Waals surface area (Å²) in [6.45, 7) is 1.67. The summed E-state index contributed by atoms with van der Waals surface area (Å²) in [4.78, 5) is 6.41. The normalized spacial score (nSPS) is 17.5. The number of methoxy groups -OCH3 is 1. The van der Waals surface area contributed by atoms with Crippen molar-refractivity contribution in [3.8, 4) is 17.2 Å². The summed E-state index contributed by atoms with van der Waals surface area (Å²) in [6.07, 6.45) is 4.57. The summed E-state index contributed by atoms with van der Waals surface area (Å²) in [5.74, 6) is 2.02. The van der Waals surface area contributed by atoms with Crippen LogP contribution in [0.15, 0.2) is 53.2 Å². The number of rotatable bonds is 5. The minimum Gasteiger partial charge on any atom is -0.497 e. The molecule has 0 N–H and O–H groups in total. The molecule has 2 aromatic heterocycles. The van der Waals surface area contributed by atoms with E-state index in [-0.39, 0.29) is 0 Å². The SMILES string of the molecule is COc1cccc([C@H]2CCN2Cc2nnc(-c3cccnc3)o2)c1. The number of nitrogens with zero attached hydrogens (tertiary/aromatic N) is 4. The van der Waals surface area contributed by atoms with Gasteiger partial charge in [0, 0.05) is 25.0 Å². The van der Waals surface area contributed by atoms with Gasteiger partial charge in [0.05, 0.1) is 19.2 Å². The molecule has 0 spiro atoms. The lowest BCUT2D eigenvalue weighted by Gasteiger charge is -2.40. The van der Waals surface area contributed by atoms with Crippen LogP contribution in [0.5, 0.6) is 5.75 Å². The molecule has 1 aliphatic rings. The first kappa shape index (κ1) is 14.8. The standard InChI is InChI=1S/C18H18N4O2/c1-23-15-6-2-4-13(10-15)16-7-9-22(16)12-17-20-21-18(24-17)14-5-3-8-19-11-14/h2-6,8,10-11,16H,7,9,12H2,1H3/t16-/m1/s1. The van der Waals surface area contributed by atoms with Gasteiger partial charge in [0.15, 0.2) is 0 Å². The van der Waals surface area contributed by atoms with Crippen molar-refractivity contribution >= 4 is 0 Å². The maximum absolute atomic E-state index is 5.78. The van der Waals surface area contributed by atoms with E-state index in [1.54, 1.807) is 19.5 Å². The van der Waals surface area contributed by atoms with Crippen molar-refractivity contribution in [3.05, 3.63) is 60.2 Å². The summed E-state index contributed by atoms with van der Waals surface area (Å²) in [6, 6.07) is 12.3. The Kier molecular flexibility index (Phi) is 3.96. The van der Waals surface area contributed by atoms with Crippen molar-refractivity contribution < 1.29 is 9.15 Å². The molecule has 6 heteroatoms. The topological polar surface area (TPSA) is 64.3 Å². The number of ether oxygens (including phenoxy) is 1. The molecule has 0 unspecified atom stereocenters. The van der Waals surface area contributed by atoms with E-state index in [1.807, 2.05) is 24.3 Å². The van der Waals surface area contributed by atoms with Crippen LogP contribution in [0.1, 0.15) is 23.9 Å². The first-order valence-corrected chi connectivity index (χ1v) is 7.94. The van der Waals surface area contributed by atoms with Gasteiger partial charge in [-0.15, -0.1) is 10.2 Å². The van der Waals surface area contributed by atoms with Gasteiger partial charge in [0.25, 0.3) is 0 Å². The highest BCUT2D eigenvalue weighted by Gasteiger charge is 2.30. The van der Waals surface area contributed by atoms with E-state index in [4.69, 9.17) is 9.15 Å². The number of benzene rings is 1. The van der Waals surface area contributed by atoms with Crippen LogP contribution in [0.3, 0.4) is 0 Å². The van der Waals surface area contributed by atoms with Crippen LogP contribution in [0.4, 0.5) is 0 Å². The van der Waals surface area contributed by atoms with Gasteiger partial charge in [-0.3, -0.25) is 9.88 Å². The van der Waals surface area contributed by atoms with Crippen LogP contribution >= 0.6 is 0 Å². The molecule has 0 bridgehead atoms. The lowest BCUT2D eigenvalue weighted by Crippen LogP contribution is -2.40. The van der Waals surface area contributed by atoms with Crippen molar-refractivity contribution in [1.29, 1.82) is 0 Å². The van der Waals surface area contributed by atoms with Crippen molar-refractivity contribution in [3.63, 3.8) is 0 Å². The van der Waals surface area contributed by atoms with Gasteiger partial charge in [0.1, 0.15) is 5.75 Å². The van der Waals surface area contributed by atoms with Crippen LogP contribution in [0.2, 0.25) is 0 Å². The third-order valence-electron chi connectivity index (χ3n) is 4.32. The van der Waals surface area contributed by atoms with Gasteiger partial charge in [-0.1, -0.05) is 12.1 Å². The van der Waals surface area contributed by atoms with Gasteiger partial charge >= 0.3 is 0 Å². The first-order chi connectivity index (χ1) is 11.8. The summed E-state index contributed by atoms with van der Waals surface area (Å²) >= 11 is 0. The predicted molar refractivity (Wildman–Crippen MR) is 88.3 cm³/mol. The molecule has 0 aliphatic carbocycles. The molecule has 1 aromatic carbocycles. The van der Waals surface area contributed by atoms with Crippen molar-refractivity contribution in [1.82, 2.24) is 20.1 Å². The molecule has 24 heavy (non-hydrogen) atoms. The molecule has 122 valence electrons. The van der Waals surface area contributed by atoms with E-state index < -0.39 is 0 Å². The first-order valence-electron chi connectivity index (χ1n) is 7.94. The Labute approximate surface area is 140 Å². The van der Waals surface area contributed by atoms with Gasteiger partial charge in [-0.25, -0.2) is 0 Å². The highest BCUT2D eigenvalue weighted by Crippen LogP contribution is 2.35. The molecular weight excluding hydrogens is 304 g/mol. The fraction of sp³-hybridized carbons (Fsp3) is 0.278. The summed E-state index contributed by atoms with van der Waals surface area (Å²) < 4.78 is 11.1. The molecule has 0 amide bonds. The molecule has 4 rings (SSSR count). The lowest BCUT2D eigenvalue weighted by atomic mass is 9.94. The molecule has 3 heterocycles. The molecule has 1 saturated heterocycles. The molecule has 1 atom stereocenters. The van der Waals surface area contributed by atoms with Gasteiger partial charge in [0.2, 0.25) is 11.8 Å². The monoisotopic (exact) mass is 322 g/mol. The zero-order chi connectivity index (χ0) is 16.4. The van der Waals surface area contributed by atoms with Gasteiger partial charge in [-0.2, -0.15) is 0 Å². The molecule has 6 nitrogen and oxygen atoms in total. The number of hydrogen-bond acceptors (Lipinski definition) is 6. The van der Waals surface area contributed by atoms with Crippen LogP contribution in [0.25, 0.3) is 11.5 Å². The maximum Gasteiger partial charge on any atom is 0.249 e. The molecular formula is C18H18N4O2. The molecule has 1 fully saturated rings. The lowest BCUT2D eigenvalue weighted by molar-refractivity contribution is 0.0717. The van der Waals surface area contributed by atoms with Crippen LogP contribution in [-0.2, 0) is 6.54 Å². The molecule has 0 saturated carbocycles. The van der Waals surface area contributed by atoms with E-state index in [9.17, 15) is 0 Å². The Morgan fingerprint density at radius 1 is 1.25 bits per heavy atom. The fourth-order valence-corrected chi connectivity index (χ4v) is 2.95. The maximum atomic E-state index is 5.78. The third kappa shape index (κ3) is 2.88. The zero-order valence-corrected chi connectivity index (χ0v) is 13.4. The van der Waals surface area contributed by atoms with E-state index in [1.165, 1.54) is 5.56 Å². The Bertz CT molecular complexity index is 819. The van der Waals surface area contributed by atoms with Crippen molar-refractivity contribution in [2.45, 2.75) is 19.0 Å². The Morgan fingerprint density at radius 2 is 2.21 bits per heavy atom. The minimum atomic E-state index is 0.369. The molecule has 0 radical (unpaired) electrons. The summed E-state index contributed by atoms with van der Waals surface area (Å²) in [5, 5.41) is 8.29. The number of pyridine rings is 1. The van der Waals surface area contributed by atoms with Crippen LogP contribution < -0.4 is 4.74 Å². The van der Waals surface area contributed by atoms with E-state index in [2.05, 4.69) is 32.2 Å². The summed E-state index contributed by atoms with van der Waals surface area (Å²) in [7, 11) is 1.69. The second-order valence-corrected chi connectivity index (χ2v) is 5.79. The largest absolute Gasteiger partial charge is 0.497 e. The number of likely N-dealkylation sites (tertiary alicyclic amines) is 1. The predicted octanol–water partition coefficient (Wildman–Crippen LogP) is 3.09. The summed E-state index contributed by atoms with van der Waals surface area (Å²) in [5.41, 5.74) is 2.09. The molecule has 3 aromatic rings. The number of hydrogen-bond donors (Lipinski definition) is 0. The minimum absolute atomic E-state index is 0.369.